The summed E-state index contributed by atoms with van der Waals surface area (Å²) in [4.78, 5) is 0. The van der Waals surface area contributed by atoms with Crippen molar-refractivity contribution in [3.63, 3.8) is 0 Å². The number of hydrogen-bond acceptors (Lipinski definition) is 20. The fourth-order valence-corrected chi connectivity index (χ4v) is 7.03. The maximum Gasteiger partial charge on any atom is 0.229 e. The lowest BCUT2D eigenvalue weighted by Crippen LogP contribution is -2.66. The van der Waals surface area contributed by atoms with Crippen LogP contribution in [0.3, 0.4) is 0 Å². The summed E-state index contributed by atoms with van der Waals surface area (Å²) in [6.45, 7) is -1.23. The highest BCUT2D eigenvalue weighted by Gasteiger charge is 2.54. The molecule has 0 amide bonds. The molecular formula is C39H54O20. The third-order valence-corrected chi connectivity index (χ3v) is 10.7. The van der Waals surface area contributed by atoms with E-state index in [1.54, 1.807) is 60.7 Å². The Balaban J connectivity index is 1.24. The number of benzene rings is 2. The van der Waals surface area contributed by atoms with E-state index >= 15 is 0 Å². The van der Waals surface area contributed by atoms with Crippen LogP contribution in [0.5, 0.6) is 5.75 Å². The Hall–Kier alpha value is -2.78. The SMILES string of the molecule is C[C@@H]1O[C@@H](OC[C@H]2O[C@@H](Oc3ccccc3/C=C/CO)[C@H](O[C@H]3[C@H](OCc4ccccc4)O[C@H](CO[C@@H]4OC[C@](O)(CO)[C@H]4O)[C@@H](O)[C@@H]3O)[C@@H](O)[C@@H]2O)[C@H](O)[C@H](O)[C@H]1O. The molecule has 0 bridgehead atoms. The number of aliphatic hydroxyl groups excluding tert-OH is 10. The zero-order valence-electron chi connectivity index (χ0n) is 32.0. The van der Waals surface area contributed by atoms with Crippen LogP contribution in [0.2, 0.25) is 0 Å². The zero-order valence-corrected chi connectivity index (χ0v) is 32.0. The first-order valence-corrected chi connectivity index (χ1v) is 19.2. The van der Waals surface area contributed by atoms with Crippen molar-refractivity contribution in [2.24, 2.45) is 0 Å². The minimum atomic E-state index is -1.99. The van der Waals surface area contributed by atoms with E-state index < -0.39 is 137 Å². The first-order chi connectivity index (χ1) is 28.3. The van der Waals surface area contributed by atoms with Gasteiger partial charge in [-0.15, -0.1) is 0 Å². The average molecular weight is 843 g/mol. The average Bonchev–Trinajstić information content (AvgIpc) is 3.53. The van der Waals surface area contributed by atoms with Crippen LogP contribution in [0.1, 0.15) is 18.1 Å². The standard InChI is InChI=1S/C39H54O20/c1-19-25(42)28(45)31(48)35(55-19)52-15-24-27(44)30(47)33(37(58-24)56-22-12-6-5-10-21(22)11-7-13-40)59-32-29(46)26(43)23(16-53-38-34(49)39(50,17-41)18-54-38)57-36(32)51-14-20-8-3-2-4-9-20/h2-12,19,23-38,40-50H,13-18H2,1H3/b11-7+/t19-,23+,24+,25-,26+,27+,28+,29-,30-,31+,32+,33+,34-,35+,36+,37+,38+,39+/m0/s1. The van der Waals surface area contributed by atoms with Gasteiger partial charge in [-0.3, -0.25) is 0 Å². The summed E-state index contributed by atoms with van der Waals surface area (Å²) in [6, 6.07) is 15.4. The van der Waals surface area contributed by atoms with Gasteiger partial charge in [-0.2, -0.15) is 0 Å². The molecule has 11 N–H and O–H groups in total. The molecule has 2 aromatic rings. The van der Waals surface area contributed by atoms with E-state index in [-0.39, 0.29) is 19.0 Å². The minimum Gasteiger partial charge on any atom is -0.461 e. The van der Waals surface area contributed by atoms with E-state index in [1.165, 1.54) is 13.0 Å². The first-order valence-electron chi connectivity index (χ1n) is 19.2. The monoisotopic (exact) mass is 842 g/mol. The fraction of sp³-hybridized carbons (Fsp3) is 0.641. The van der Waals surface area contributed by atoms with Gasteiger partial charge in [0.2, 0.25) is 6.29 Å². The van der Waals surface area contributed by atoms with Gasteiger partial charge in [0.1, 0.15) is 84.6 Å². The van der Waals surface area contributed by atoms with Crippen LogP contribution >= 0.6 is 0 Å². The number of aliphatic hydroxyl groups is 11. The van der Waals surface area contributed by atoms with Crippen molar-refractivity contribution in [2.45, 2.75) is 124 Å². The molecule has 4 aliphatic rings. The summed E-state index contributed by atoms with van der Waals surface area (Å²) in [5, 5.41) is 117. The Morgan fingerprint density at radius 3 is 1.92 bits per heavy atom. The van der Waals surface area contributed by atoms with E-state index in [2.05, 4.69) is 0 Å². The van der Waals surface area contributed by atoms with E-state index in [4.69, 9.17) is 42.6 Å². The summed E-state index contributed by atoms with van der Waals surface area (Å²) in [5.41, 5.74) is -0.834. The van der Waals surface area contributed by atoms with Crippen LogP contribution < -0.4 is 4.74 Å². The Morgan fingerprint density at radius 1 is 0.661 bits per heavy atom. The van der Waals surface area contributed by atoms with Crippen molar-refractivity contribution in [3.8, 4) is 5.75 Å². The lowest BCUT2D eigenvalue weighted by Gasteiger charge is -2.47. The Kier molecular flexibility index (Phi) is 15.8. The molecule has 0 unspecified atom stereocenters. The lowest BCUT2D eigenvalue weighted by atomic mass is 9.96. The molecule has 6 rings (SSSR count). The Bertz CT molecular complexity index is 1620. The van der Waals surface area contributed by atoms with Crippen LogP contribution in [-0.2, 0) is 44.5 Å². The molecule has 0 aromatic heterocycles. The summed E-state index contributed by atoms with van der Waals surface area (Å²) in [7, 11) is 0. The highest BCUT2D eigenvalue weighted by Crippen LogP contribution is 2.35. The Morgan fingerprint density at radius 2 is 1.27 bits per heavy atom. The van der Waals surface area contributed by atoms with Crippen LogP contribution in [0, 0.1) is 0 Å². The Labute approximate surface area is 338 Å². The van der Waals surface area contributed by atoms with Crippen molar-refractivity contribution in [1.29, 1.82) is 0 Å². The smallest absolute Gasteiger partial charge is 0.229 e. The van der Waals surface area contributed by atoms with Gasteiger partial charge in [0.05, 0.1) is 45.7 Å². The molecule has 4 aliphatic heterocycles. The molecule has 0 aliphatic carbocycles. The number of rotatable bonds is 16. The fourth-order valence-electron chi connectivity index (χ4n) is 7.03. The second-order valence-corrected chi connectivity index (χ2v) is 14.9. The van der Waals surface area contributed by atoms with Gasteiger partial charge in [-0.1, -0.05) is 60.7 Å². The number of ether oxygens (including phenoxy) is 9. The summed E-state index contributed by atoms with van der Waals surface area (Å²) in [5.74, 6) is 0.176. The molecule has 4 fully saturated rings. The maximum atomic E-state index is 11.7. The summed E-state index contributed by atoms with van der Waals surface area (Å²) >= 11 is 0. The zero-order chi connectivity index (χ0) is 42.4. The van der Waals surface area contributed by atoms with Crippen molar-refractivity contribution in [1.82, 2.24) is 0 Å². The van der Waals surface area contributed by atoms with Gasteiger partial charge in [0, 0.05) is 5.56 Å². The van der Waals surface area contributed by atoms with E-state index in [1.807, 2.05) is 0 Å². The first kappa shape index (κ1) is 45.7. The maximum absolute atomic E-state index is 11.7. The normalized spacial score (nSPS) is 41.7. The molecule has 18 atom stereocenters. The van der Waals surface area contributed by atoms with Gasteiger partial charge in [0.15, 0.2) is 18.9 Å². The second kappa shape index (κ2) is 20.4. The van der Waals surface area contributed by atoms with Gasteiger partial charge in [0.25, 0.3) is 0 Å². The second-order valence-electron chi connectivity index (χ2n) is 14.9. The summed E-state index contributed by atoms with van der Waals surface area (Å²) in [6.07, 6.45) is -23.5. The van der Waals surface area contributed by atoms with Crippen LogP contribution in [0.4, 0.5) is 0 Å². The predicted molar refractivity (Wildman–Crippen MR) is 196 cm³/mol. The molecule has 2 aromatic carbocycles. The van der Waals surface area contributed by atoms with Gasteiger partial charge < -0.3 is 98.8 Å². The molecule has 4 saturated heterocycles. The van der Waals surface area contributed by atoms with E-state index in [0.717, 1.165) is 0 Å². The van der Waals surface area contributed by atoms with Gasteiger partial charge in [-0.05, 0) is 18.6 Å². The van der Waals surface area contributed by atoms with Gasteiger partial charge in [-0.25, -0.2) is 0 Å². The summed E-state index contributed by atoms with van der Waals surface area (Å²) < 4.78 is 52.9. The van der Waals surface area contributed by atoms with Crippen molar-refractivity contribution in [2.75, 3.05) is 33.0 Å². The van der Waals surface area contributed by atoms with Crippen molar-refractivity contribution < 1.29 is 98.8 Å². The van der Waals surface area contributed by atoms with Crippen LogP contribution in [-0.4, -0.2) is 199 Å². The van der Waals surface area contributed by atoms with Crippen molar-refractivity contribution in [3.05, 3.63) is 71.8 Å². The quantitative estimate of drug-likeness (QED) is 0.0773. The number of hydrogen-bond donors (Lipinski definition) is 11. The van der Waals surface area contributed by atoms with E-state index in [9.17, 15) is 56.2 Å². The van der Waals surface area contributed by atoms with Gasteiger partial charge >= 0.3 is 0 Å². The van der Waals surface area contributed by atoms with E-state index in [0.29, 0.717) is 11.1 Å². The highest BCUT2D eigenvalue weighted by atomic mass is 16.8. The third kappa shape index (κ3) is 10.5. The number of para-hydroxylation sites is 1. The molecule has 59 heavy (non-hydrogen) atoms. The predicted octanol–water partition coefficient (Wildman–Crippen LogP) is -3.76. The van der Waals surface area contributed by atoms with Crippen molar-refractivity contribution >= 4 is 6.08 Å². The largest absolute Gasteiger partial charge is 0.461 e. The molecule has 0 saturated carbocycles. The molecule has 4 heterocycles. The minimum absolute atomic E-state index is 0.0918. The third-order valence-electron chi connectivity index (χ3n) is 10.7. The van der Waals surface area contributed by atoms with Crippen LogP contribution in [0.25, 0.3) is 6.08 Å². The molecule has 0 radical (unpaired) electrons. The molecule has 330 valence electrons. The molecule has 20 heteroatoms. The van der Waals surface area contributed by atoms with Crippen LogP contribution in [0.15, 0.2) is 60.7 Å². The highest BCUT2D eigenvalue weighted by molar-refractivity contribution is 5.57. The topological polar surface area (TPSA) is 306 Å². The molecular weight excluding hydrogens is 788 g/mol. The molecule has 0 spiro atoms. The lowest BCUT2D eigenvalue weighted by molar-refractivity contribution is -0.359. The molecule has 20 nitrogen and oxygen atoms in total.